The number of urea groups is 1. The number of rotatable bonds is 6. The van der Waals surface area contributed by atoms with Crippen LogP contribution in [0.5, 0.6) is 0 Å². The van der Waals surface area contributed by atoms with Gasteiger partial charge in [-0.15, -0.1) is 0 Å². The number of halogens is 1. The highest BCUT2D eigenvalue weighted by atomic mass is 19.1. The molecule has 142 valence electrons. The maximum Gasteiger partial charge on any atom is 0.315 e. The molecule has 0 spiro atoms. The molecule has 3 rings (SSSR count). The lowest BCUT2D eigenvalue weighted by atomic mass is 9.83. The van der Waals surface area contributed by atoms with Gasteiger partial charge in [-0.3, -0.25) is 4.79 Å². The summed E-state index contributed by atoms with van der Waals surface area (Å²) in [7, 11) is 0. The van der Waals surface area contributed by atoms with Crippen molar-refractivity contribution in [1.82, 2.24) is 16.0 Å². The lowest BCUT2D eigenvalue weighted by Crippen LogP contribution is -2.42. The fourth-order valence-corrected chi connectivity index (χ4v) is 3.37. The monoisotopic (exact) mass is 369 g/mol. The normalized spacial score (nSPS) is 15.5. The Labute approximate surface area is 158 Å². The van der Waals surface area contributed by atoms with E-state index in [-0.39, 0.29) is 24.8 Å². The summed E-state index contributed by atoms with van der Waals surface area (Å²) in [5.74, 6) is -0.207. The van der Waals surface area contributed by atoms with E-state index in [0.29, 0.717) is 12.5 Å². The van der Waals surface area contributed by atoms with Crippen LogP contribution in [0.15, 0.2) is 48.5 Å². The van der Waals surface area contributed by atoms with Crippen molar-refractivity contribution in [2.45, 2.75) is 31.7 Å². The van der Waals surface area contributed by atoms with E-state index < -0.39 is 6.03 Å². The van der Waals surface area contributed by atoms with Crippen molar-refractivity contribution in [3.05, 3.63) is 71.0 Å². The summed E-state index contributed by atoms with van der Waals surface area (Å²) in [6.07, 6.45) is 3.28. The first kappa shape index (κ1) is 18.9. The van der Waals surface area contributed by atoms with Crippen molar-refractivity contribution in [2.24, 2.45) is 0 Å². The second kappa shape index (κ2) is 9.16. The lowest BCUT2D eigenvalue weighted by molar-refractivity contribution is -0.120. The van der Waals surface area contributed by atoms with Crippen LogP contribution < -0.4 is 16.0 Å². The summed E-state index contributed by atoms with van der Waals surface area (Å²) in [5, 5.41) is 8.08. The molecule has 27 heavy (non-hydrogen) atoms. The first-order chi connectivity index (χ1) is 13.1. The summed E-state index contributed by atoms with van der Waals surface area (Å²) in [5.41, 5.74) is 3.46. The molecule has 3 N–H and O–H groups in total. The Hall–Kier alpha value is -2.89. The molecule has 0 radical (unpaired) electrons. The van der Waals surface area contributed by atoms with E-state index >= 15 is 0 Å². The third-order valence-corrected chi connectivity index (χ3v) is 4.82. The Bertz CT molecular complexity index is 792. The third-order valence-electron chi connectivity index (χ3n) is 4.82. The predicted octanol–water partition coefficient (Wildman–Crippen LogP) is 2.86. The maximum absolute atomic E-state index is 12.8. The molecule has 0 aliphatic heterocycles. The van der Waals surface area contributed by atoms with Gasteiger partial charge in [-0.2, -0.15) is 0 Å². The SMILES string of the molecule is O=C(CNC(=O)NCc1ccc(F)cc1)NCC1CCCc2ccccc21. The minimum atomic E-state index is -0.433. The molecule has 1 unspecified atom stereocenters. The zero-order chi connectivity index (χ0) is 19.1. The first-order valence-electron chi connectivity index (χ1n) is 9.22. The van der Waals surface area contributed by atoms with Gasteiger partial charge in [0.05, 0.1) is 6.54 Å². The van der Waals surface area contributed by atoms with E-state index in [4.69, 9.17) is 0 Å². The van der Waals surface area contributed by atoms with Gasteiger partial charge in [0, 0.05) is 19.0 Å². The quantitative estimate of drug-likeness (QED) is 0.733. The standard InChI is InChI=1S/C21H24FN3O2/c22-18-10-8-15(9-11-18)12-24-21(27)25-14-20(26)23-13-17-6-3-5-16-4-1-2-7-19(16)17/h1-2,4,7-11,17H,3,5-6,12-14H2,(H,23,26)(H2,24,25,27). The number of hydrogen-bond donors (Lipinski definition) is 3. The molecule has 0 saturated heterocycles. The van der Waals surface area contributed by atoms with Crippen LogP contribution in [-0.2, 0) is 17.8 Å². The summed E-state index contributed by atoms with van der Waals surface area (Å²) in [6, 6.07) is 13.8. The van der Waals surface area contributed by atoms with Crippen molar-refractivity contribution in [3.8, 4) is 0 Å². The van der Waals surface area contributed by atoms with Crippen molar-refractivity contribution in [2.75, 3.05) is 13.1 Å². The van der Waals surface area contributed by atoms with Gasteiger partial charge in [-0.05, 0) is 48.1 Å². The van der Waals surface area contributed by atoms with Gasteiger partial charge < -0.3 is 16.0 Å². The van der Waals surface area contributed by atoms with Crippen LogP contribution in [0.2, 0.25) is 0 Å². The number of benzene rings is 2. The molecule has 1 atom stereocenters. The summed E-state index contributed by atoms with van der Waals surface area (Å²) >= 11 is 0. The van der Waals surface area contributed by atoms with Crippen LogP contribution >= 0.6 is 0 Å². The number of nitrogens with one attached hydrogen (secondary N) is 3. The molecule has 0 saturated carbocycles. The Morgan fingerprint density at radius 3 is 2.59 bits per heavy atom. The van der Waals surface area contributed by atoms with E-state index in [1.165, 1.54) is 23.3 Å². The van der Waals surface area contributed by atoms with Gasteiger partial charge in [0.25, 0.3) is 0 Å². The minimum absolute atomic E-state index is 0.0797. The van der Waals surface area contributed by atoms with E-state index in [1.54, 1.807) is 12.1 Å². The van der Waals surface area contributed by atoms with Gasteiger partial charge >= 0.3 is 6.03 Å². The number of carbonyl (C=O) groups is 2. The van der Waals surface area contributed by atoms with Crippen molar-refractivity contribution < 1.29 is 14.0 Å². The third kappa shape index (κ3) is 5.54. The topological polar surface area (TPSA) is 70.2 Å². The average molecular weight is 369 g/mol. The van der Waals surface area contributed by atoms with Gasteiger partial charge in [0.15, 0.2) is 0 Å². The molecule has 1 aliphatic rings. The number of amides is 3. The molecule has 6 heteroatoms. The molecule has 0 bridgehead atoms. The fourth-order valence-electron chi connectivity index (χ4n) is 3.37. The lowest BCUT2D eigenvalue weighted by Gasteiger charge is -2.25. The molecule has 1 aliphatic carbocycles. The number of carbonyl (C=O) groups excluding carboxylic acids is 2. The van der Waals surface area contributed by atoms with Crippen LogP contribution in [-0.4, -0.2) is 25.0 Å². The second-order valence-electron chi connectivity index (χ2n) is 6.75. The van der Waals surface area contributed by atoms with E-state index in [9.17, 15) is 14.0 Å². The first-order valence-corrected chi connectivity index (χ1v) is 9.22. The molecule has 5 nitrogen and oxygen atoms in total. The summed E-state index contributed by atoms with van der Waals surface area (Å²) in [6.45, 7) is 0.769. The van der Waals surface area contributed by atoms with Crippen LogP contribution in [0, 0.1) is 5.82 Å². The number of aryl methyl sites for hydroxylation is 1. The van der Waals surface area contributed by atoms with Crippen molar-refractivity contribution in [1.29, 1.82) is 0 Å². The van der Waals surface area contributed by atoms with Crippen LogP contribution in [0.4, 0.5) is 9.18 Å². The van der Waals surface area contributed by atoms with Crippen LogP contribution in [0.3, 0.4) is 0 Å². The van der Waals surface area contributed by atoms with Gasteiger partial charge in [0.2, 0.25) is 5.91 Å². The maximum atomic E-state index is 12.8. The van der Waals surface area contributed by atoms with Gasteiger partial charge in [0.1, 0.15) is 5.82 Å². The van der Waals surface area contributed by atoms with Crippen LogP contribution in [0.25, 0.3) is 0 Å². The molecule has 0 heterocycles. The summed E-state index contributed by atoms with van der Waals surface area (Å²) in [4.78, 5) is 23.8. The second-order valence-corrected chi connectivity index (χ2v) is 6.75. The van der Waals surface area contributed by atoms with Gasteiger partial charge in [-0.25, -0.2) is 9.18 Å². The highest BCUT2D eigenvalue weighted by molar-refractivity contribution is 5.83. The predicted molar refractivity (Wildman–Crippen MR) is 102 cm³/mol. The zero-order valence-electron chi connectivity index (χ0n) is 15.1. The molecular formula is C21H24FN3O2. The average Bonchev–Trinajstić information content (AvgIpc) is 2.70. The summed E-state index contributed by atoms with van der Waals surface area (Å²) < 4.78 is 12.8. The Kier molecular flexibility index (Phi) is 6.41. The van der Waals surface area contributed by atoms with Crippen molar-refractivity contribution >= 4 is 11.9 Å². The molecule has 2 aromatic rings. The smallest absolute Gasteiger partial charge is 0.315 e. The Morgan fingerprint density at radius 2 is 1.78 bits per heavy atom. The highest BCUT2D eigenvalue weighted by Gasteiger charge is 2.20. The van der Waals surface area contributed by atoms with Crippen molar-refractivity contribution in [3.63, 3.8) is 0 Å². The van der Waals surface area contributed by atoms with E-state index in [0.717, 1.165) is 24.8 Å². The Balaban J connectivity index is 1.37. The molecule has 0 fully saturated rings. The largest absolute Gasteiger partial charge is 0.354 e. The molecule has 3 amide bonds. The minimum Gasteiger partial charge on any atom is -0.354 e. The van der Waals surface area contributed by atoms with E-state index in [1.807, 2.05) is 12.1 Å². The number of fused-ring (bicyclic) bond motifs is 1. The van der Waals surface area contributed by atoms with Gasteiger partial charge in [-0.1, -0.05) is 36.4 Å². The Morgan fingerprint density at radius 1 is 1.00 bits per heavy atom. The molecule has 2 aromatic carbocycles. The molecular weight excluding hydrogens is 345 g/mol. The highest BCUT2D eigenvalue weighted by Crippen LogP contribution is 2.30. The fraction of sp³-hybridized carbons (Fsp3) is 0.333. The van der Waals surface area contributed by atoms with E-state index in [2.05, 4.69) is 28.1 Å². The van der Waals surface area contributed by atoms with Crippen LogP contribution in [0.1, 0.15) is 35.4 Å². The number of hydrogen-bond acceptors (Lipinski definition) is 2. The zero-order valence-corrected chi connectivity index (χ0v) is 15.1. The molecule has 0 aromatic heterocycles.